The average Bonchev–Trinajstić information content (AvgIpc) is 3.06. The molecule has 128 valence electrons. The maximum absolute atomic E-state index is 12.2. The number of carbonyl (C=O) groups excluding carboxylic acids is 1. The fourth-order valence-electron chi connectivity index (χ4n) is 4.02. The summed E-state index contributed by atoms with van der Waals surface area (Å²) < 4.78 is 0. The summed E-state index contributed by atoms with van der Waals surface area (Å²) in [4.78, 5) is 22.0. The zero-order valence-corrected chi connectivity index (χ0v) is 15.3. The number of aliphatic hydroxyl groups is 1. The van der Waals surface area contributed by atoms with Crippen molar-refractivity contribution < 1.29 is 9.90 Å². The molecule has 24 heavy (non-hydrogen) atoms. The first kappa shape index (κ1) is 16.2. The average molecular weight is 364 g/mol. The first-order valence-corrected chi connectivity index (χ1v) is 10.1. The minimum Gasteiger partial charge on any atom is -0.389 e. The molecule has 2 N–H and O–H groups in total. The van der Waals surface area contributed by atoms with Gasteiger partial charge in [0.05, 0.1) is 22.9 Å². The number of aliphatic hydroxyl groups excluding tert-OH is 1. The molecule has 0 radical (unpaired) electrons. The van der Waals surface area contributed by atoms with E-state index in [0.717, 1.165) is 16.3 Å². The number of hydrogen-bond acceptors (Lipinski definition) is 6. The lowest BCUT2D eigenvalue weighted by molar-refractivity contribution is -0.120. The lowest BCUT2D eigenvalue weighted by atomic mass is 9.51. The van der Waals surface area contributed by atoms with Gasteiger partial charge in [-0.05, 0) is 43.9 Å². The lowest BCUT2D eigenvalue weighted by Gasteiger charge is -2.54. The van der Waals surface area contributed by atoms with Gasteiger partial charge in [0.1, 0.15) is 5.01 Å². The van der Waals surface area contributed by atoms with Crippen LogP contribution < -0.4 is 5.32 Å². The molecule has 2 saturated carbocycles. The van der Waals surface area contributed by atoms with Gasteiger partial charge in [0.25, 0.3) is 0 Å². The van der Waals surface area contributed by atoms with Gasteiger partial charge in [-0.15, -0.1) is 22.7 Å². The van der Waals surface area contributed by atoms with Gasteiger partial charge in [0, 0.05) is 11.8 Å². The highest BCUT2D eigenvalue weighted by Crippen LogP contribution is 2.59. The maximum atomic E-state index is 12.2. The summed E-state index contributed by atoms with van der Waals surface area (Å²) in [6.07, 6.45) is 7.18. The molecule has 0 aromatic carbocycles. The predicted octanol–water partition coefficient (Wildman–Crippen LogP) is 3.98. The fourth-order valence-corrected chi connectivity index (χ4v) is 5.70. The number of aromatic nitrogens is 2. The Hall–Kier alpha value is -1.31. The first-order chi connectivity index (χ1) is 11.6. The summed E-state index contributed by atoms with van der Waals surface area (Å²) in [6.45, 7) is 1.86. The SMILES string of the molecule is Cc1nc(CO)sc1-c1csc(NC(=O)CC2CC3(CCC3)C2)n1. The number of hydrogen-bond donors (Lipinski definition) is 2. The van der Waals surface area contributed by atoms with E-state index in [1.54, 1.807) is 0 Å². The third kappa shape index (κ3) is 3.00. The molecule has 0 bridgehead atoms. The van der Waals surface area contributed by atoms with Crippen LogP contribution in [0.2, 0.25) is 0 Å². The molecule has 0 atom stereocenters. The van der Waals surface area contributed by atoms with Gasteiger partial charge in [-0.3, -0.25) is 4.79 Å². The molecule has 2 heterocycles. The normalized spacial score (nSPS) is 19.1. The Kier molecular flexibility index (Phi) is 4.18. The molecule has 0 unspecified atom stereocenters. The van der Waals surface area contributed by atoms with Crippen LogP contribution in [-0.2, 0) is 11.4 Å². The van der Waals surface area contributed by atoms with Gasteiger partial charge in [-0.2, -0.15) is 0 Å². The zero-order valence-electron chi connectivity index (χ0n) is 13.7. The van der Waals surface area contributed by atoms with E-state index < -0.39 is 0 Å². The molecule has 2 aromatic heterocycles. The number of anilines is 1. The third-order valence-electron chi connectivity index (χ3n) is 5.29. The van der Waals surface area contributed by atoms with E-state index in [9.17, 15) is 9.90 Å². The molecular weight excluding hydrogens is 342 g/mol. The minimum absolute atomic E-state index is 0.0535. The van der Waals surface area contributed by atoms with Crippen molar-refractivity contribution in [2.75, 3.05) is 5.32 Å². The summed E-state index contributed by atoms with van der Waals surface area (Å²) in [5.41, 5.74) is 2.31. The number of nitrogens with one attached hydrogen (secondary N) is 1. The Bertz CT molecular complexity index is 756. The Labute approximate surface area is 149 Å². The van der Waals surface area contributed by atoms with Gasteiger partial charge >= 0.3 is 0 Å². The molecule has 1 amide bonds. The topological polar surface area (TPSA) is 75.1 Å². The molecule has 4 rings (SSSR count). The van der Waals surface area contributed by atoms with Crippen LogP contribution in [0, 0.1) is 18.3 Å². The minimum atomic E-state index is -0.0535. The van der Waals surface area contributed by atoms with E-state index in [1.165, 1.54) is 54.8 Å². The first-order valence-electron chi connectivity index (χ1n) is 8.40. The number of nitrogens with zero attached hydrogens (tertiary/aromatic N) is 2. The molecular formula is C17H21N3O2S2. The van der Waals surface area contributed by atoms with E-state index in [-0.39, 0.29) is 12.5 Å². The van der Waals surface area contributed by atoms with E-state index in [4.69, 9.17) is 0 Å². The van der Waals surface area contributed by atoms with E-state index in [1.807, 2.05) is 12.3 Å². The van der Waals surface area contributed by atoms with Crippen molar-refractivity contribution in [2.24, 2.45) is 11.3 Å². The van der Waals surface area contributed by atoms with Crippen LogP contribution in [0.5, 0.6) is 0 Å². The van der Waals surface area contributed by atoms with Crippen molar-refractivity contribution in [1.29, 1.82) is 0 Å². The van der Waals surface area contributed by atoms with Crippen molar-refractivity contribution in [3.63, 3.8) is 0 Å². The highest BCUT2D eigenvalue weighted by atomic mass is 32.1. The van der Waals surface area contributed by atoms with E-state index in [2.05, 4.69) is 15.3 Å². The van der Waals surface area contributed by atoms with Crippen molar-refractivity contribution in [3.8, 4) is 10.6 Å². The Balaban J connectivity index is 1.34. The number of thiazole rings is 2. The van der Waals surface area contributed by atoms with Gasteiger partial charge in [-0.1, -0.05) is 6.42 Å². The summed E-state index contributed by atoms with van der Waals surface area (Å²) in [7, 11) is 0. The predicted molar refractivity (Wildman–Crippen MR) is 96.1 cm³/mol. The number of aryl methyl sites for hydroxylation is 1. The number of carbonyl (C=O) groups is 1. The third-order valence-corrected chi connectivity index (χ3v) is 7.21. The summed E-state index contributed by atoms with van der Waals surface area (Å²) in [5, 5.41) is 15.4. The smallest absolute Gasteiger partial charge is 0.226 e. The molecule has 2 aromatic rings. The van der Waals surface area contributed by atoms with E-state index in [0.29, 0.717) is 27.9 Å². The van der Waals surface area contributed by atoms with Gasteiger partial charge in [0.2, 0.25) is 5.91 Å². The van der Waals surface area contributed by atoms with Crippen molar-refractivity contribution in [2.45, 2.75) is 52.1 Å². The number of amides is 1. The highest BCUT2D eigenvalue weighted by molar-refractivity contribution is 7.17. The molecule has 5 nitrogen and oxygen atoms in total. The molecule has 2 fully saturated rings. The number of rotatable bonds is 5. The van der Waals surface area contributed by atoms with Crippen LogP contribution in [0.15, 0.2) is 5.38 Å². The Morgan fingerprint density at radius 1 is 1.42 bits per heavy atom. The van der Waals surface area contributed by atoms with Crippen molar-refractivity contribution in [1.82, 2.24) is 9.97 Å². The zero-order chi connectivity index (χ0) is 16.7. The summed E-state index contributed by atoms with van der Waals surface area (Å²) in [5.74, 6) is 0.632. The second-order valence-corrected chi connectivity index (χ2v) is 9.04. The quantitative estimate of drug-likeness (QED) is 0.843. The molecule has 2 aliphatic rings. The lowest BCUT2D eigenvalue weighted by Crippen LogP contribution is -2.43. The standard InChI is InChI=1S/C17H21N3O2S2/c1-10-15(24-14(8-21)18-10)12-9-23-16(19-12)20-13(22)5-11-6-17(7-11)3-2-4-17/h9,11,21H,2-8H2,1H3,(H,19,20,22). The van der Waals surface area contributed by atoms with Crippen LogP contribution in [0.25, 0.3) is 10.6 Å². The second kappa shape index (κ2) is 6.20. The molecule has 1 spiro atoms. The van der Waals surface area contributed by atoms with Crippen LogP contribution >= 0.6 is 22.7 Å². The molecule has 0 saturated heterocycles. The molecule has 7 heteroatoms. The second-order valence-electron chi connectivity index (χ2n) is 7.10. The van der Waals surface area contributed by atoms with Crippen molar-refractivity contribution >= 4 is 33.7 Å². The van der Waals surface area contributed by atoms with Crippen LogP contribution in [0.3, 0.4) is 0 Å². The Morgan fingerprint density at radius 2 is 2.21 bits per heavy atom. The molecule has 0 aliphatic heterocycles. The highest BCUT2D eigenvalue weighted by Gasteiger charge is 2.48. The Morgan fingerprint density at radius 3 is 2.83 bits per heavy atom. The fraction of sp³-hybridized carbons (Fsp3) is 0.588. The van der Waals surface area contributed by atoms with Gasteiger partial charge < -0.3 is 10.4 Å². The van der Waals surface area contributed by atoms with Crippen molar-refractivity contribution in [3.05, 3.63) is 16.1 Å². The maximum Gasteiger partial charge on any atom is 0.226 e. The monoisotopic (exact) mass is 363 g/mol. The molecule has 2 aliphatic carbocycles. The summed E-state index contributed by atoms with van der Waals surface area (Å²) in [6, 6.07) is 0. The van der Waals surface area contributed by atoms with E-state index >= 15 is 0 Å². The van der Waals surface area contributed by atoms with Gasteiger partial charge in [-0.25, -0.2) is 9.97 Å². The summed E-state index contributed by atoms with van der Waals surface area (Å²) >= 11 is 2.89. The van der Waals surface area contributed by atoms with Crippen LogP contribution in [0.4, 0.5) is 5.13 Å². The van der Waals surface area contributed by atoms with Crippen LogP contribution in [0.1, 0.15) is 49.2 Å². The van der Waals surface area contributed by atoms with Crippen LogP contribution in [-0.4, -0.2) is 21.0 Å². The largest absolute Gasteiger partial charge is 0.389 e. The van der Waals surface area contributed by atoms with Gasteiger partial charge in [0.15, 0.2) is 5.13 Å².